The van der Waals surface area contributed by atoms with Gasteiger partial charge in [0.1, 0.15) is 23.8 Å². The molecular weight excluding hydrogens is 482 g/mol. The molecule has 9 nitrogen and oxygen atoms in total. The Morgan fingerprint density at radius 1 is 1.03 bits per heavy atom. The van der Waals surface area contributed by atoms with Crippen LogP contribution >= 0.6 is 12.2 Å². The van der Waals surface area contributed by atoms with Crippen molar-refractivity contribution in [1.82, 2.24) is 5.32 Å². The quantitative estimate of drug-likeness (QED) is 0.202. The Kier molecular flexibility index (Phi) is 7.16. The fraction of sp³-hybridized carbons (Fsp3) is 0.154. The number of rotatable bonds is 8. The van der Waals surface area contributed by atoms with E-state index in [0.717, 1.165) is 5.56 Å². The Balaban J connectivity index is 1.61. The molecule has 0 aromatic heterocycles. The Labute approximate surface area is 213 Å². The number of nitrogens with zero attached hydrogens (tertiary/aromatic N) is 2. The molecule has 1 fully saturated rings. The van der Waals surface area contributed by atoms with Crippen molar-refractivity contribution in [3.63, 3.8) is 0 Å². The van der Waals surface area contributed by atoms with Gasteiger partial charge in [0.05, 0.1) is 24.8 Å². The van der Waals surface area contributed by atoms with Crippen molar-refractivity contribution < 1.29 is 23.9 Å². The number of ether oxygens (including phenoxy) is 3. The third kappa shape index (κ3) is 4.98. The van der Waals surface area contributed by atoms with Gasteiger partial charge in [0, 0.05) is 11.6 Å². The number of benzene rings is 3. The molecule has 3 aromatic rings. The average molecular weight is 506 g/mol. The molecular formula is C26H23N3O6S. The lowest BCUT2D eigenvalue weighted by molar-refractivity contribution is -0.386. The van der Waals surface area contributed by atoms with Crippen LogP contribution in [0.4, 0.5) is 11.4 Å². The topological polar surface area (TPSA) is 103 Å². The van der Waals surface area contributed by atoms with Gasteiger partial charge in [0.25, 0.3) is 5.91 Å². The number of nitro benzene ring substituents is 1. The van der Waals surface area contributed by atoms with Crippen LogP contribution in [0.25, 0.3) is 6.08 Å². The molecule has 0 aliphatic carbocycles. The molecule has 0 saturated carbocycles. The first-order valence-electron chi connectivity index (χ1n) is 10.9. The van der Waals surface area contributed by atoms with Crippen molar-refractivity contribution in [1.29, 1.82) is 0 Å². The Bertz CT molecular complexity index is 1390. The number of hydrogen-bond donors (Lipinski definition) is 1. The molecule has 1 heterocycles. The van der Waals surface area contributed by atoms with Crippen molar-refractivity contribution in [2.24, 2.45) is 0 Å². The number of carbonyl (C=O) groups excluding carboxylic acids is 1. The molecule has 0 bridgehead atoms. The van der Waals surface area contributed by atoms with Crippen LogP contribution in [0.2, 0.25) is 0 Å². The summed E-state index contributed by atoms with van der Waals surface area (Å²) in [5, 5.41) is 14.6. The van der Waals surface area contributed by atoms with Crippen LogP contribution in [0.5, 0.6) is 17.2 Å². The minimum absolute atomic E-state index is 0.0254. The van der Waals surface area contributed by atoms with Crippen LogP contribution in [0.3, 0.4) is 0 Å². The lowest BCUT2D eigenvalue weighted by atomic mass is 10.1. The summed E-state index contributed by atoms with van der Waals surface area (Å²) < 4.78 is 16.6. The van der Waals surface area contributed by atoms with Crippen LogP contribution in [0, 0.1) is 17.0 Å². The first kappa shape index (κ1) is 24.7. The van der Waals surface area contributed by atoms with E-state index in [0.29, 0.717) is 28.3 Å². The second-order valence-electron chi connectivity index (χ2n) is 7.89. The second-order valence-corrected chi connectivity index (χ2v) is 8.28. The predicted octanol–water partition coefficient (Wildman–Crippen LogP) is 4.76. The van der Waals surface area contributed by atoms with Gasteiger partial charge in [0.15, 0.2) is 10.9 Å². The lowest BCUT2D eigenvalue weighted by Gasteiger charge is -2.17. The van der Waals surface area contributed by atoms with Crippen molar-refractivity contribution in [2.75, 3.05) is 19.1 Å². The highest BCUT2D eigenvalue weighted by Gasteiger charge is 2.33. The minimum Gasteiger partial charge on any atom is -0.496 e. The van der Waals surface area contributed by atoms with E-state index in [2.05, 4.69) is 5.32 Å². The second kappa shape index (κ2) is 10.4. The molecule has 36 heavy (non-hydrogen) atoms. The summed E-state index contributed by atoms with van der Waals surface area (Å²) in [6.45, 7) is 1.85. The van der Waals surface area contributed by atoms with E-state index in [-0.39, 0.29) is 34.8 Å². The summed E-state index contributed by atoms with van der Waals surface area (Å²) in [4.78, 5) is 25.4. The summed E-state index contributed by atoms with van der Waals surface area (Å²) in [5.41, 5.74) is 2.88. The number of thiocarbonyl (C=S) groups is 1. The molecule has 1 saturated heterocycles. The van der Waals surface area contributed by atoms with Crippen molar-refractivity contribution in [3.05, 3.63) is 93.2 Å². The fourth-order valence-corrected chi connectivity index (χ4v) is 4.07. The van der Waals surface area contributed by atoms with Crippen LogP contribution in [-0.2, 0) is 11.4 Å². The molecule has 1 N–H and O–H groups in total. The summed E-state index contributed by atoms with van der Waals surface area (Å²) in [6.07, 6.45) is 1.67. The summed E-state index contributed by atoms with van der Waals surface area (Å²) in [7, 11) is 3.05. The molecule has 0 unspecified atom stereocenters. The van der Waals surface area contributed by atoms with Crippen molar-refractivity contribution in [2.45, 2.75) is 13.5 Å². The molecule has 1 aliphatic heterocycles. The van der Waals surface area contributed by atoms with Crippen LogP contribution < -0.4 is 24.4 Å². The predicted molar refractivity (Wildman–Crippen MR) is 139 cm³/mol. The van der Waals surface area contributed by atoms with E-state index in [1.807, 2.05) is 13.0 Å². The van der Waals surface area contributed by atoms with Crippen LogP contribution in [0.1, 0.15) is 16.7 Å². The summed E-state index contributed by atoms with van der Waals surface area (Å²) in [5.74, 6) is 0.902. The van der Waals surface area contributed by atoms with Gasteiger partial charge < -0.3 is 19.5 Å². The zero-order chi connectivity index (χ0) is 25.8. The van der Waals surface area contributed by atoms with Gasteiger partial charge in [-0.2, -0.15) is 0 Å². The number of nitro groups is 1. The zero-order valence-corrected chi connectivity index (χ0v) is 20.6. The Hall–Kier alpha value is -4.44. The molecule has 0 spiro atoms. The van der Waals surface area contributed by atoms with E-state index in [1.165, 1.54) is 25.2 Å². The van der Waals surface area contributed by atoms with Gasteiger partial charge in [-0.25, -0.2) is 4.90 Å². The number of amides is 1. The summed E-state index contributed by atoms with van der Waals surface area (Å²) >= 11 is 5.41. The van der Waals surface area contributed by atoms with E-state index in [9.17, 15) is 14.9 Å². The Morgan fingerprint density at radius 3 is 2.50 bits per heavy atom. The van der Waals surface area contributed by atoms with Gasteiger partial charge in [-0.05, 0) is 66.7 Å². The molecule has 184 valence electrons. The van der Waals surface area contributed by atoms with E-state index in [1.54, 1.807) is 54.6 Å². The van der Waals surface area contributed by atoms with Gasteiger partial charge in [-0.15, -0.1) is 0 Å². The highest BCUT2D eigenvalue weighted by Crippen LogP contribution is 2.32. The maximum absolute atomic E-state index is 13.2. The molecule has 4 rings (SSSR count). The van der Waals surface area contributed by atoms with Crippen molar-refractivity contribution >= 4 is 40.7 Å². The SMILES string of the molecule is COc1ccc(/C=C2/NC(=S)N(c3ccccc3OC)C2=O)cc1COc1cc(C)ccc1[N+](=O)[O-]. The average Bonchev–Trinajstić information content (AvgIpc) is 3.14. The maximum atomic E-state index is 13.2. The monoisotopic (exact) mass is 505 g/mol. The Morgan fingerprint density at radius 2 is 1.78 bits per heavy atom. The number of hydrogen-bond acceptors (Lipinski definition) is 7. The lowest BCUT2D eigenvalue weighted by Crippen LogP contribution is -2.30. The third-order valence-corrected chi connectivity index (χ3v) is 5.80. The van der Waals surface area contributed by atoms with Gasteiger partial charge in [0.2, 0.25) is 0 Å². The molecule has 1 aliphatic rings. The summed E-state index contributed by atoms with van der Waals surface area (Å²) in [6, 6.07) is 17.1. The van der Waals surface area contributed by atoms with Crippen molar-refractivity contribution in [3.8, 4) is 17.2 Å². The fourth-order valence-electron chi connectivity index (χ4n) is 3.78. The van der Waals surface area contributed by atoms with E-state index >= 15 is 0 Å². The normalized spacial score (nSPS) is 14.1. The first-order chi connectivity index (χ1) is 17.3. The highest BCUT2D eigenvalue weighted by molar-refractivity contribution is 7.80. The smallest absolute Gasteiger partial charge is 0.310 e. The van der Waals surface area contributed by atoms with E-state index in [4.69, 9.17) is 26.4 Å². The molecule has 10 heteroatoms. The van der Waals surface area contributed by atoms with E-state index < -0.39 is 4.92 Å². The third-order valence-electron chi connectivity index (χ3n) is 5.51. The number of anilines is 1. The number of aryl methyl sites for hydroxylation is 1. The number of carbonyl (C=O) groups is 1. The molecule has 1 amide bonds. The van der Waals surface area contributed by atoms with Gasteiger partial charge in [-0.3, -0.25) is 14.9 Å². The molecule has 0 atom stereocenters. The van der Waals surface area contributed by atoms with Gasteiger partial charge >= 0.3 is 5.69 Å². The molecule has 3 aromatic carbocycles. The molecule has 0 radical (unpaired) electrons. The number of nitrogens with one attached hydrogen (secondary N) is 1. The first-order valence-corrected chi connectivity index (χ1v) is 11.3. The number of para-hydroxylation sites is 2. The van der Waals surface area contributed by atoms with Crippen LogP contribution in [0.15, 0.2) is 66.4 Å². The van der Waals surface area contributed by atoms with Gasteiger partial charge in [-0.1, -0.05) is 24.3 Å². The highest BCUT2D eigenvalue weighted by atomic mass is 32.1. The largest absolute Gasteiger partial charge is 0.496 e. The number of methoxy groups -OCH3 is 2. The standard InChI is InChI=1S/C26H23N3O6S/c1-16-8-10-21(29(31)32)24(12-16)35-15-18-13-17(9-11-22(18)33-2)14-19-25(30)28(26(36)27-19)20-6-4-5-7-23(20)34-3/h4-14H,15H2,1-3H3,(H,27,36)/b19-14+. The maximum Gasteiger partial charge on any atom is 0.310 e. The minimum atomic E-state index is -0.486. The zero-order valence-electron chi connectivity index (χ0n) is 19.8. The van der Waals surface area contributed by atoms with Crippen LogP contribution in [-0.4, -0.2) is 30.2 Å².